The molecule has 2 nitrogen and oxygen atoms in total. The molecule has 0 atom stereocenters. The van der Waals surface area contributed by atoms with Gasteiger partial charge in [0.25, 0.3) is 0 Å². The summed E-state index contributed by atoms with van der Waals surface area (Å²) in [6.07, 6.45) is 2.24. The first-order valence-electron chi connectivity index (χ1n) is 4.54. The maximum atomic E-state index is 10.2. The molecular formula is C11H14ClNO. The summed E-state index contributed by atoms with van der Waals surface area (Å²) in [5, 5.41) is 0.735. The Kier molecular flexibility index (Phi) is 3.96. The Morgan fingerprint density at radius 1 is 1.43 bits per heavy atom. The van der Waals surface area contributed by atoms with Crippen LogP contribution >= 0.6 is 11.6 Å². The summed E-state index contributed by atoms with van der Waals surface area (Å²) in [6.45, 7) is 0. The fourth-order valence-corrected chi connectivity index (χ4v) is 1.67. The van der Waals surface area contributed by atoms with Crippen LogP contribution in [0.25, 0.3) is 0 Å². The van der Waals surface area contributed by atoms with Crippen molar-refractivity contribution in [3.8, 4) is 0 Å². The third-order valence-corrected chi connectivity index (χ3v) is 2.35. The van der Waals surface area contributed by atoms with E-state index in [0.29, 0.717) is 6.42 Å². The Hall–Kier alpha value is -1.02. The van der Waals surface area contributed by atoms with E-state index in [-0.39, 0.29) is 0 Å². The number of rotatable bonds is 4. The third kappa shape index (κ3) is 2.74. The van der Waals surface area contributed by atoms with Crippen molar-refractivity contribution in [1.82, 2.24) is 0 Å². The van der Waals surface area contributed by atoms with Crippen LogP contribution < -0.4 is 4.90 Å². The molecular weight excluding hydrogens is 198 g/mol. The molecule has 0 bridgehead atoms. The number of halogens is 1. The minimum atomic E-state index is 0.553. The van der Waals surface area contributed by atoms with E-state index >= 15 is 0 Å². The molecule has 0 heterocycles. The van der Waals surface area contributed by atoms with Gasteiger partial charge in [-0.2, -0.15) is 0 Å². The molecule has 0 unspecified atom stereocenters. The first kappa shape index (κ1) is 11.1. The van der Waals surface area contributed by atoms with Crippen molar-refractivity contribution < 1.29 is 4.79 Å². The minimum Gasteiger partial charge on any atom is -0.376 e. The SMILES string of the molecule is CN(C)c1ccc(CCC=O)cc1Cl. The Morgan fingerprint density at radius 2 is 2.14 bits per heavy atom. The van der Waals surface area contributed by atoms with Gasteiger partial charge in [0.2, 0.25) is 0 Å². The molecule has 0 saturated heterocycles. The summed E-state index contributed by atoms with van der Waals surface area (Å²) < 4.78 is 0. The maximum absolute atomic E-state index is 10.2. The summed E-state index contributed by atoms with van der Waals surface area (Å²) in [5.41, 5.74) is 2.11. The predicted octanol–water partition coefficient (Wildman–Crippen LogP) is 2.54. The van der Waals surface area contributed by atoms with Gasteiger partial charge >= 0.3 is 0 Å². The molecule has 0 aliphatic heterocycles. The van der Waals surface area contributed by atoms with Gasteiger partial charge in [-0.25, -0.2) is 0 Å². The van der Waals surface area contributed by atoms with E-state index in [1.807, 2.05) is 37.2 Å². The normalized spacial score (nSPS) is 9.93. The zero-order valence-electron chi connectivity index (χ0n) is 8.46. The second-order valence-corrected chi connectivity index (χ2v) is 3.79. The van der Waals surface area contributed by atoms with Crippen LogP contribution in [-0.2, 0) is 11.2 Å². The topological polar surface area (TPSA) is 20.3 Å². The molecule has 0 amide bonds. The summed E-state index contributed by atoms with van der Waals surface area (Å²) in [7, 11) is 3.90. The molecule has 1 rings (SSSR count). The molecule has 0 saturated carbocycles. The van der Waals surface area contributed by atoms with Gasteiger partial charge in [0, 0.05) is 20.5 Å². The quantitative estimate of drug-likeness (QED) is 0.714. The van der Waals surface area contributed by atoms with Crippen molar-refractivity contribution in [2.75, 3.05) is 19.0 Å². The number of aldehydes is 1. The fourth-order valence-electron chi connectivity index (χ4n) is 1.29. The number of benzene rings is 1. The van der Waals surface area contributed by atoms with Crippen LogP contribution in [0.15, 0.2) is 18.2 Å². The molecule has 3 heteroatoms. The van der Waals surface area contributed by atoms with E-state index in [0.717, 1.165) is 29.0 Å². The van der Waals surface area contributed by atoms with Crippen LogP contribution in [0.4, 0.5) is 5.69 Å². The van der Waals surface area contributed by atoms with Crippen molar-refractivity contribution in [3.63, 3.8) is 0 Å². The van der Waals surface area contributed by atoms with Gasteiger partial charge < -0.3 is 9.69 Å². The summed E-state index contributed by atoms with van der Waals surface area (Å²) in [6, 6.07) is 5.90. The van der Waals surface area contributed by atoms with Gasteiger partial charge in [-0.15, -0.1) is 0 Å². The molecule has 1 aromatic rings. The summed E-state index contributed by atoms with van der Waals surface area (Å²) in [4.78, 5) is 12.2. The van der Waals surface area contributed by atoms with E-state index in [9.17, 15) is 4.79 Å². The second kappa shape index (κ2) is 5.01. The van der Waals surface area contributed by atoms with Gasteiger partial charge in [-0.3, -0.25) is 0 Å². The van der Waals surface area contributed by atoms with Crippen LogP contribution in [0.1, 0.15) is 12.0 Å². The van der Waals surface area contributed by atoms with E-state index < -0.39 is 0 Å². The maximum Gasteiger partial charge on any atom is 0.120 e. The molecule has 1 aromatic carbocycles. The lowest BCUT2D eigenvalue weighted by atomic mass is 10.1. The smallest absolute Gasteiger partial charge is 0.120 e. The second-order valence-electron chi connectivity index (χ2n) is 3.39. The average molecular weight is 212 g/mol. The number of anilines is 1. The van der Waals surface area contributed by atoms with Gasteiger partial charge in [0.15, 0.2) is 0 Å². The van der Waals surface area contributed by atoms with Crippen molar-refractivity contribution in [2.24, 2.45) is 0 Å². The van der Waals surface area contributed by atoms with Crippen LogP contribution in [0, 0.1) is 0 Å². The van der Waals surface area contributed by atoms with Crippen LogP contribution in [-0.4, -0.2) is 20.4 Å². The van der Waals surface area contributed by atoms with Crippen molar-refractivity contribution in [1.29, 1.82) is 0 Å². The number of hydrogen-bond donors (Lipinski definition) is 0. The Balaban J connectivity index is 2.83. The third-order valence-electron chi connectivity index (χ3n) is 2.04. The molecule has 76 valence electrons. The monoisotopic (exact) mass is 211 g/mol. The number of aryl methyl sites for hydroxylation is 1. The lowest BCUT2D eigenvalue weighted by Crippen LogP contribution is -2.09. The molecule has 0 radical (unpaired) electrons. The highest BCUT2D eigenvalue weighted by Gasteiger charge is 2.03. The molecule has 0 aliphatic carbocycles. The predicted molar refractivity (Wildman–Crippen MR) is 60.2 cm³/mol. The van der Waals surface area contributed by atoms with Gasteiger partial charge in [-0.1, -0.05) is 17.7 Å². The average Bonchev–Trinajstić information content (AvgIpc) is 2.14. The number of nitrogens with zero attached hydrogens (tertiary/aromatic N) is 1. The zero-order valence-corrected chi connectivity index (χ0v) is 9.21. The fraction of sp³-hybridized carbons (Fsp3) is 0.364. The van der Waals surface area contributed by atoms with E-state index in [2.05, 4.69) is 0 Å². The Labute approximate surface area is 89.5 Å². The molecule has 0 fully saturated rings. The Morgan fingerprint density at radius 3 is 2.64 bits per heavy atom. The van der Waals surface area contributed by atoms with E-state index in [1.54, 1.807) is 0 Å². The highest BCUT2D eigenvalue weighted by atomic mass is 35.5. The van der Waals surface area contributed by atoms with Crippen LogP contribution in [0.3, 0.4) is 0 Å². The lowest BCUT2D eigenvalue weighted by molar-refractivity contribution is -0.107. The summed E-state index contributed by atoms with van der Waals surface area (Å²) in [5.74, 6) is 0. The molecule has 0 aliphatic rings. The standard InChI is InChI=1S/C11H14ClNO/c1-13(2)11-6-5-9(4-3-7-14)8-10(11)12/h5-8H,3-4H2,1-2H3. The van der Waals surface area contributed by atoms with Crippen LogP contribution in [0.2, 0.25) is 5.02 Å². The van der Waals surface area contributed by atoms with E-state index in [4.69, 9.17) is 11.6 Å². The first-order chi connectivity index (χ1) is 6.65. The van der Waals surface area contributed by atoms with Gasteiger partial charge in [0.1, 0.15) is 6.29 Å². The lowest BCUT2D eigenvalue weighted by Gasteiger charge is -2.14. The van der Waals surface area contributed by atoms with Gasteiger partial charge in [-0.05, 0) is 24.1 Å². The highest BCUT2D eigenvalue weighted by molar-refractivity contribution is 6.33. The van der Waals surface area contributed by atoms with Crippen LogP contribution in [0.5, 0.6) is 0 Å². The first-order valence-corrected chi connectivity index (χ1v) is 4.92. The molecule has 0 spiro atoms. The zero-order chi connectivity index (χ0) is 10.6. The number of carbonyl (C=O) groups excluding carboxylic acids is 1. The van der Waals surface area contributed by atoms with Crippen molar-refractivity contribution >= 4 is 23.6 Å². The van der Waals surface area contributed by atoms with E-state index in [1.165, 1.54) is 0 Å². The number of carbonyl (C=O) groups is 1. The number of hydrogen-bond acceptors (Lipinski definition) is 2. The largest absolute Gasteiger partial charge is 0.376 e. The van der Waals surface area contributed by atoms with Crippen molar-refractivity contribution in [2.45, 2.75) is 12.8 Å². The highest BCUT2D eigenvalue weighted by Crippen LogP contribution is 2.25. The molecule has 0 N–H and O–H groups in total. The molecule has 0 aromatic heterocycles. The minimum absolute atomic E-state index is 0.553. The summed E-state index contributed by atoms with van der Waals surface area (Å²) >= 11 is 6.07. The van der Waals surface area contributed by atoms with Gasteiger partial charge in [0.05, 0.1) is 10.7 Å². The van der Waals surface area contributed by atoms with Crippen molar-refractivity contribution in [3.05, 3.63) is 28.8 Å². The molecule has 14 heavy (non-hydrogen) atoms. The Bertz CT molecular complexity index is 323.